The van der Waals surface area contributed by atoms with Crippen molar-refractivity contribution in [2.45, 2.75) is 0 Å². The molecule has 1 aromatic carbocycles. The first-order chi connectivity index (χ1) is 6.27. The summed E-state index contributed by atoms with van der Waals surface area (Å²) in [5.74, 6) is 0. The third-order valence-electron chi connectivity index (χ3n) is 1.81. The molecular weight excluding hydrogens is 184 g/mol. The Hall–Kier alpha value is -1.29. The predicted octanol–water partition coefficient (Wildman–Crippen LogP) is 1.70. The lowest BCUT2D eigenvalue weighted by atomic mass is 10.3. The Morgan fingerprint density at radius 1 is 1.31 bits per heavy atom. The highest BCUT2D eigenvalue weighted by Gasteiger charge is 2.26. The molecule has 1 fully saturated rings. The molecule has 0 atom stereocenters. The molecule has 0 spiro atoms. The number of para-hydroxylation sites is 1. The molecule has 0 unspecified atom stereocenters. The molecule has 1 aliphatic heterocycles. The fourth-order valence-electron chi connectivity index (χ4n) is 1.21. The molecule has 0 saturated carbocycles. The minimum absolute atomic E-state index is 0.0360. The number of carbonyl (C=O) groups is 1. The number of hydrogen-bond acceptors (Lipinski definition) is 3. The molecule has 1 N–H and O–H groups in total. The molecule has 0 bridgehead atoms. The summed E-state index contributed by atoms with van der Waals surface area (Å²) < 4.78 is 0. The first-order valence-corrected chi connectivity index (χ1v) is 4.71. The second kappa shape index (κ2) is 3.22. The van der Waals surface area contributed by atoms with Crippen molar-refractivity contribution in [3.8, 4) is 0 Å². The van der Waals surface area contributed by atoms with E-state index >= 15 is 0 Å². The van der Waals surface area contributed by atoms with Crippen LogP contribution in [0.1, 0.15) is 0 Å². The van der Waals surface area contributed by atoms with Gasteiger partial charge in [-0.15, -0.1) is 0 Å². The highest BCUT2D eigenvalue weighted by Crippen LogP contribution is 2.24. The Labute approximate surface area is 80.3 Å². The number of carbonyl (C=O) groups excluding carboxylic acids is 1. The number of thioether (sulfide) groups is 1. The normalized spacial score (nSPS) is 16.8. The highest BCUT2D eigenvalue weighted by atomic mass is 32.2. The lowest BCUT2D eigenvalue weighted by molar-refractivity contribution is -0.109. The van der Waals surface area contributed by atoms with Crippen molar-refractivity contribution in [1.82, 2.24) is 0 Å². The number of anilines is 1. The van der Waals surface area contributed by atoms with E-state index in [4.69, 9.17) is 5.41 Å². The molecule has 1 aliphatic rings. The van der Waals surface area contributed by atoms with E-state index in [1.807, 2.05) is 30.3 Å². The summed E-state index contributed by atoms with van der Waals surface area (Å²) in [6.45, 7) is 0.313. The molecule has 2 rings (SSSR count). The van der Waals surface area contributed by atoms with Gasteiger partial charge >= 0.3 is 0 Å². The van der Waals surface area contributed by atoms with Gasteiger partial charge in [-0.3, -0.25) is 10.2 Å². The minimum Gasteiger partial charge on any atom is -0.313 e. The van der Waals surface area contributed by atoms with Gasteiger partial charge in [-0.25, -0.2) is 0 Å². The molecule has 0 amide bonds. The van der Waals surface area contributed by atoms with Crippen molar-refractivity contribution in [3.63, 3.8) is 0 Å². The Morgan fingerprint density at radius 3 is 2.54 bits per heavy atom. The number of nitrogens with zero attached hydrogens (tertiary/aromatic N) is 1. The molecule has 3 nitrogen and oxygen atoms in total. The fraction of sp³-hybridized carbons (Fsp3) is 0.111. The average molecular weight is 192 g/mol. The smallest absolute Gasteiger partial charge is 0.216 e. The molecule has 0 radical (unpaired) electrons. The van der Waals surface area contributed by atoms with E-state index in [-0.39, 0.29) is 5.12 Å². The van der Waals surface area contributed by atoms with E-state index in [0.29, 0.717) is 11.7 Å². The van der Waals surface area contributed by atoms with Crippen LogP contribution in [0.15, 0.2) is 30.3 Å². The number of hydrogen-bond donors (Lipinski definition) is 1. The maximum absolute atomic E-state index is 11.0. The number of benzene rings is 1. The van der Waals surface area contributed by atoms with Gasteiger partial charge in [-0.1, -0.05) is 18.2 Å². The van der Waals surface area contributed by atoms with Crippen LogP contribution in [0, 0.1) is 5.41 Å². The molecule has 1 heterocycles. The van der Waals surface area contributed by atoms with Gasteiger partial charge in [0.15, 0.2) is 5.17 Å². The van der Waals surface area contributed by atoms with Crippen LogP contribution in [-0.2, 0) is 4.79 Å². The lowest BCUT2D eigenvalue weighted by Gasteiger charge is -2.14. The Kier molecular flexibility index (Phi) is 2.06. The first-order valence-electron chi connectivity index (χ1n) is 3.89. The summed E-state index contributed by atoms with van der Waals surface area (Å²) in [4.78, 5) is 12.7. The fourth-order valence-corrected chi connectivity index (χ4v) is 1.90. The Morgan fingerprint density at radius 2 is 2.00 bits per heavy atom. The molecule has 4 heteroatoms. The van der Waals surface area contributed by atoms with Crippen LogP contribution < -0.4 is 4.90 Å². The molecule has 0 aliphatic carbocycles. The van der Waals surface area contributed by atoms with Crippen LogP contribution in [0.25, 0.3) is 0 Å². The second-order valence-electron chi connectivity index (χ2n) is 2.70. The first kappa shape index (κ1) is 8.31. The largest absolute Gasteiger partial charge is 0.313 e. The van der Waals surface area contributed by atoms with Crippen LogP contribution in [0.2, 0.25) is 0 Å². The summed E-state index contributed by atoms with van der Waals surface area (Å²) in [6, 6.07) is 9.51. The average Bonchev–Trinajstić information content (AvgIpc) is 2.47. The van der Waals surface area contributed by atoms with Gasteiger partial charge in [0.2, 0.25) is 5.12 Å². The van der Waals surface area contributed by atoms with E-state index in [2.05, 4.69) is 0 Å². The predicted molar refractivity (Wildman–Crippen MR) is 54.1 cm³/mol. The van der Waals surface area contributed by atoms with Crippen molar-refractivity contribution >= 4 is 27.7 Å². The number of rotatable bonds is 1. The molecule has 1 saturated heterocycles. The summed E-state index contributed by atoms with van der Waals surface area (Å²) >= 11 is 0.994. The van der Waals surface area contributed by atoms with Crippen molar-refractivity contribution < 1.29 is 4.79 Å². The van der Waals surface area contributed by atoms with Crippen LogP contribution in [-0.4, -0.2) is 16.8 Å². The molecule has 66 valence electrons. The summed E-state index contributed by atoms with van der Waals surface area (Å²) in [6.07, 6.45) is 0. The van der Waals surface area contributed by atoms with Crippen molar-refractivity contribution in [2.24, 2.45) is 0 Å². The number of amidine groups is 1. The van der Waals surface area contributed by atoms with Crippen molar-refractivity contribution in [3.05, 3.63) is 30.3 Å². The monoisotopic (exact) mass is 192 g/mol. The zero-order valence-electron chi connectivity index (χ0n) is 6.86. The van der Waals surface area contributed by atoms with Crippen LogP contribution in [0.4, 0.5) is 5.69 Å². The minimum atomic E-state index is 0.0360. The quantitative estimate of drug-likeness (QED) is 0.736. The highest BCUT2D eigenvalue weighted by molar-refractivity contribution is 8.27. The third-order valence-corrected chi connectivity index (χ3v) is 2.58. The van der Waals surface area contributed by atoms with Gasteiger partial charge in [-0.05, 0) is 23.9 Å². The maximum atomic E-state index is 11.0. The number of nitrogens with one attached hydrogen (secondary N) is 1. The lowest BCUT2D eigenvalue weighted by Crippen LogP contribution is -2.23. The topological polar surface area (TPSA) is 44.2 Å². The second-order valence-corrected chi connectivity index (χ2v) is 3.75. The van der Waals surface area contributed by atoms with Gasteiger partial charge in [-0.2, -0.15) is 0 Å². The molecule has 0 aromatic heterocycles. The van der Waals surface area contributed by atoms with E-state index < -0.39 is 0 Å². The van der Waals surface area contributed by atoms with Crippen molar-refractivity contribution in [2.75, 3.05) is 11.4 Å². The third kappa shape index (κ3) is 1.58. The van der Waals surface area contributed by atoms with Gasteiger partial charge in [0.25, 0.3) is 0 Å². The Balaban J connectivity index is 2.28. The molecule has 13 heavy (non-hydrogen) atoms. The molecular formula is C9H8N2OS. The summed E-state index contributed by atoms with van der Waals surface area (Å²) in [7, 11) is 0. The van der Waals surface area contributed by atoms with Crippen LogP contribution in [0.3, 0.4) is 0 Å². The SMILES string of the molecule is N=C1SC(=O)CN1c1ccccc1. The summed E-state index contributed by atoms with van der Waals surface area (Å²) in [5, 5.41) is 7.89. The maximum Gasteiger partial charge on any atom is 0.216 e. The van der Waals surface area contributed by atoms with Gasteiger partial charge in [0.1, 0.15) is 0 Å². The van der Waals surface area contributed by atoms with Gasteiger partial charge in [0.05, 0.1) is 6.54 Å². The van der Waals surface area contributed by atoms with Crippen molar-refractivity contribution in [1.29, 1.82) is 5.41 Å². The molecule has 1 aromatic rings. The zero-order chi connectivity index (χ0) is 9.26. The van der Waals surface area contributed by atoms with E-state index in [1.165, 1.54) is 0 Å². The van der Waals surface area contributed by atoms with Crippen LogP contribution in [0.5, 0.6) is 0 Å². The van der Waals surface area contributed by atoms with E-state index in [1.54, 1.807) is 4.90 Å². The summed E-state index contributed by atoms with van der Waals surface area (Å²) in [5.41, 5.74) is 0.908. The Bertz CT molecular complexity index is 350. The standard InChI is InChI=1S/C9H8N2OS/c10-9-11(6-8(12)13-9)7-4-2-1-3-5-7/h1-5,10H,6H2. The van der Waals surface area contributed by atoms with Gasteiger partial charge < -0.3 is 4.90 Å². The zero-order valence-corrected chi connectivity index (χ0v) is 7.67. The van der Waals surface area contributed by atoms with Crippen LogP contribution >= 0.6 is 11.8 Å². The van der Waals surface area contributed by atoms with E-state index in [0.717, 1.165) is 17.4 Å². The van der Waals surface area contributed by atoms with E-state index in [9.17, 15) is 4.79 Å². The van der Waals surface area contributed by atoms with Gasteiger partial charge in [0, 0.05) is 5.69 Å².